The molecule has 0 aliphatic heterocycles. The van der Waals surface area contributed by atoms with E-state index in [1.54, 1.807) is 4.68 Å². The fraction of sp³-hybridized carbons (Fsp3) is 0.417. The molecule has 0 aliphatic rings. The van der Waals surface area contributed by atoms with Crippen LogP contribution in [0.1, 0.15) is 42.4 Å². The van der Waals surface area contributed by atoms with Crippen LogP contribution in [0.25, 0.3) is 0 Å². The smallest absolute Gasteiger partial charge is 0.338 e. The highest BCUT2D eigenvalue weighted by Gasteiger charge is 2.08. The van der Waals surface area contributed by atoms with Gasteiger partial charge in [0.05, 0.1) is 24.0 Å². The van der Waals surface area contributed by atoms with E-state index in [-0.39, 0.29) is 5.56 Å². The van der Waals surface area contributed by atoms with Gasteiger partial charge >= 0.3 is 5.97 Å². The van der Waals surface area contributed by atoms with E-state index in [1.165, 1.54) is 12.4 Å². The zero-order chi connectivity index (χ0) is 13.1. The molecule has 2 rings (SSSR count). The van der Waals surface area contributed by atoms with E-state index in [0.717, 1.165) is 12.1 Å². The number of carboxylic acids is 1. The van der Waals surface area contributed by atoms with Crippen molar-refractivity contribution in [2.24, 2.45) is 0 Å². The molecule has 0 radical (unpaired) electrons. The van der Waals surface area contributed by atoms with E-state index in [2.05, 4.69) is 24.0 Å². The van der Waals surface area contributed by atoms with Crippen LogP contribution in [0.3, 0.4) is 0 Å². The van der Waals surface area contributed by atoms with E-state index in [0.29, 0.717) is 12.6 Å². The summed E-state index contributed by atoms with van der Waals surface area (Å²) in [5.41, 5.74) is 1.06. The van der Waals surface area contributed by atoms with Crippen LogP contribution in [-0.4, -0.2) is 30.6 Å². The summed E-state index contributed by atoms with van der Waals surface area (Å²) in [6, 6.07) is 2.29. The van der Waals surface area contributed by atoms with Gasteiger partial charge in [0.2, 0.25) is 0 Å². The predicted octanol–water partition coefficient (Wildman–Crippen LogP) is 1.80. The topological polar surface area (TPSA) is 72.9 Å². The number of aromatic carboxylic acids is 1. The number of carboxylic acid groups (broad SMARTS) is 1. The highest BCUT2D eigenvalue weighted by atomic mass is 16.4. The number of hydrogen-bond donors (Lipinski definition) is 1. The first-order valence-corrected chi connectivity index (χ1v) is 5.90. The number of aromatic nitrogens is 4. The molecule has 0 aromatic carbocycles. The van der Waals surface area contributed by atoms with Crippen LogP contribution in [-0.2, 0) is 6.54 Å². The Bertz CT molecular complexity index is 544. The second-order valence-electron chi connectivity index (χ2n) is 4.28. The zero-order valence-electron chi connectivity index (χ0n) is 10.4. The quantitative estimate of drug-likeness (QED) is 0.875. The van der Waals surface area contributed by atoms with Crippen molar-refractivity contribution in [3.05, 3.63) is 35.9 Å². The van der Waals surface area contributed by atoms with Crippen LogP contribution in [0.5, 0.6) is 0 Å². The lowest BCUT2D eigenvalue weighted by molar-refractivity contribution is 0.0697. The number of carbonyl (C=O) groups is 1. The molecule has 0 fully saturated rings. The lowest BCUT2D eigenvalue weighted by Gasteiger charge is -2.08. The molecule has 1 atom stereocenters. The van der Waals surface area contributed by atoms with E-state index >= 15 is 0 Å². The van der Waals surface area contributed by atoms with Gasteiger partial charge in [-0.2, -0.15) is 10.2 Å². The maximum absolute atomic E-state index is 10.7. The van der Waals surface area contributed by atoms with Crippen LogP contribution >= 0.6 is 0 Å². The van der Waals surface area contributed by atoms with Gasteiger partial charge < -0.3 is 5.11 Å². The highest BCUT2D eigenvalue weighted by Crippen LogP contribution is 2.10. The molecule has 6 heteroatoms. The third-order valence-electron chi connectivity index (χ3n) is 2.91. The molecule has 0 spiro atoms. The number of hydrogen-bond acceptors (Lipinski definition) is 3. The van der Waals surface area contributed by atoms with Crippen molar-refractivity contribution < 1.29 is 9.90 Å². The summed E-state index contributed by atoms with van der Waals surface area (Å²) in [6.45, 7) is 4.70. The van der Waals surface area contributed by atoms with Gasteiger partial charge in [-0.15, -0.1) is 0 Å². The summed E-state index contributed by atoms with van der Waals surface area (Å²) >= 11 is 0. The van der Waals surface area contributed by atoms with Gasteiger partial charge in [-0.1, -0.05) is 6.92 Å². The van der Waals surface area contributed by atoms with Gasteiger partial charge in [0.25, 0.3) is 0 Å². The Morgan fingerprint density at radius 1 is 1.56 bits per heavy atom. The average molecular weight is 248 g/mol. The maximum Gasteiger partial charge on any atom is 0.338 e. The number of nitrogens with zero attached hydrogens (tertiary/aromatic N) is 4. The maximum atomic E-state index is 10.7. The molecule has 0 bridgehead atoms. The van der Waals surface area contributed by atoms with Gasteiger partial charge in [-0.3, -0.25) is 9.36 Å². The van der Waals surface area contributed by atoms with E-state index < -0.39 is 5.97 Å². The van der Waals surface area contributed by atoms with Gasteiger partial charge in [0.15, 0.2) is 0 Å². The molecule has 0 amide bonds. The largest absolute Gasteiger partial charge is 0.478 e. The first-order valence-electron chi connectivity index (χ1n) is 5.90. The van der Waals surface area contributed by atoms with Gasteiger partial charge in [0, 0.05) is 18.4 Å². The Hall–Kier alpha value is -2.11. The molecule has 18 heavy (non-hydrogen) atoms. The minimum Gasteiger partial charge on any atom is -0.478 e. The molecular weight excluding hydrogens is 232 g/mol. The van der Waals surface area contributed by atoms with Crippen molar-refractivity contribution in [1.29, 1.82) is 0 Å². The van der Waals surface area contributed by atoms with Gasteiger partial charge in [-0.25, -0.2) is 4.79 Å². The molecule has 2 heterocycles. The molecular formula is C12H16N4O2. The van der Waals surface area contributed by atoms with Gasteiger partial charge in [0.1, 0.15) is 0 Å². The van der Waals surface area contributed by atoms with Crippen molar-refractivity contribution >= 4 is 5.97 Å². The predicted molar refractivity (Wildman–Crippen MR) is 65.5 cm³/mol. The minimum atomic E-state index is -0.966. The van der Waals surface area contributed by atoms with Crippen LogP contribution in [0.4, 0.5) is 0 Å². The normalized spacial score (nSPS) is 12.6. The summed E-state index contributed by atoms with van der Waals surface area (Å²) in [6.07, 6.45) is 5.80. The molecule has 6 nitrogen and oxygen atoms in total. The van der Waals surface area contributed by atoms with Crippen molar-refractivity contribution in [2.45, 2.75) is 32.9 Å². The summed E-state index contributed by atoms with van der Waals surface area (Å²) < 4.78 is 3.49. The van der Waals surface area contributed by atoms with Gasteiger partial charge in [-0.05, 0) is 19.4 Å². The highest BCUT2D eigenvalue weighted by molar-refractivity contribution is 5.86. The summed E-state index contributed by atoms with van der Waals surface area (Å²) in [5.74, 6) is -0.966. The zero-order valence-corrected chi connectivity index (χ0v) is 10.4. The standard InChI is InChI=1S/C12H16N4O2/c1-3-9(2)16-5-4-11(14-16)8-15-7-10(6-13-15)12(17)18/h4-7,9H,3,8H2,1-2H3,(H,17,18). The Kier molecular flexibility index (Phi) is 3.45. The van der Waals surface area contributed by atoms with E-state index in [4.69, 9.17) is 5.11 Å². The Morgan fingerprint density at radius 3 is 2.94 bits per heavy atom. The SMILES string of the molecule is CCC(C)n1ccc(Cn2cc(C(=O)O)cn2)n1. The Labute approximate surface area is 105 Å². The van der Waals surface area contributed by atoms with Crippen LogP contribution in [0.15, 0.2) is 24.7 Å². The molecule has 1 N–H and O–H groups in total. The Balaban J connectivity index is 2.08. The molecule has 0 aliphatic carbocycles. The third kappa shape index (κ3) is 2.58. The molecule has 1 unspecified atom stereocenters. The van der Waals surface area contributed by atoms with Crippen LogP contribution < -0.4 is 0 Å². The first kappa shape index (κ1) is 12.3. The molecule has 0 saturated carbocycles. The first-order chi connectivity index (χ1) is 8.60. The van der Waals surface area contributed by atoms with E-state index in [1.807, 2.05) is 16.9 Å². The van der Waals surface area contributed by atoms with Crippen molar-refractivity contribution in [3.63, 3.8) is 0 Å². The second kappa shape index (κ2) is 5.03. The second-order valence-corrected chi connectivity index (χ2v) is 4.28. The van der Waals surface area contributed by atoms with Crippen LogP contribution in [0, 0.1) is 0 Å². The summed E-state index contributed by atoms with van der Waals surface area (Å²) in [4.78, 5) is 10.7. The average Bonchev–Trinajstić information content (AvgIpc) is 2.98. The van der Waals surface area contributed by atoms with Crippen molar-refractivity contribution in [2.75, 3.05) is 0 Å². The van der Waals surface area contributed by atoms with Crippen LogP contribution in [0.2, 0.25) is 0 Å². The third-order valence-corrected chi connectivity index (χ3v) is 2.91. The summed E-state index contributed by atoms with van der Waals surface area (Å²) in [7, 11) is 0. The van der Waals surface area contributed by atoms with Crippen molar-refractivity contribution in [3.8, 4) is 0 Å². The monoisotopic (exact) mass is 248 g/mol. The fourth-order valence-electron chi connectivity index (χ4n) is 1.62. The Morgan fingerprint density at radius 2 is 2.33 bits per heavy atom. The number of rotatable bonds is 5. The lowest BCUT2D eigenvalue weighted by Crippen LogP contribution is -2.06. The van der Waals surface area contributed by atoms with E-state index in [9.17, 15) is 4.79 Å². The molecule has 0 saturated heterocycles. The lowest BCUT2D eigenvalue weighted by atomic mass is 10.3. The fourth-order valence-corrected chi connectivity index (χ4v) is 1.62. The summed E-state index contributed by atoms with van der Waals surface area (Å²) in [5, 5.41) is 17.2. The molecule has 2 aromatic rings. The molecule has 2 aromatic heterocycles. The van der Waals surface area contributed by atoms with Crippen molar-refractivity contribution in [1.82, 2.24) is 19.6 Å². The minimum absolute atomic E-state index is 0.191. The molecule has 96 valence electrons.